The van der Waals surface area contributed by atoms with E-state index in [2.05, 4.69) is 10.3 Å². The Balaban J connectivity index is 1.54. The van der Waals surface area contributed by atoms with Crippen LogP contribution in [0.15, 0.2) is 70.1 Å². The number of nitro groups is 1. The molecule has 9 heteroatoms. The van der Waals surface area contributed by atoms with Gasteiger partial charge in [0.2, 0.25) is 0 Å². The van der Waals surface area contributed by atoms with Crippen LogP contribution in [0.5, 0.6) is 11.5 Å². The standard InChI is InChI=1S/C24H19N3O6/c1-14-9-17(25-13-16-10-18(27(30)31)12-21(32-2)23(16)28)7-8-19(14)26-24(29)22-11-15-5-3-4-6-20(15)33-22/h3-13,28H,1-2H3,(H,26,29). The van der Waals surface area contributed by atoms with Crippen LogP contribution < -0.4 is 10.1 Å². The maximum Gasteiger partial charge on any atom is 0.291 e. The molecule has 0 aliphatic rings. The number of phenols is 1. The van der Waals surface area contributed by atoms with E-state index < -0.39 is 4.92 Å². The maximum atomic E-state index is 12.6. The van der Waals surface area contributed by atoms with Crippen molar-refractivity contribution >= 4 is 40.2 Å². The SMILES string of the molecule is COc1cc([N+](=O)[O-])cc(C=Nc2ccc(NC(=O)c3cc4ccccc4o3)c(C)c2)c1O. The van der Waals surface area contributed by atoms with Gasteiger partial charge in [-0.05, 0) is 42.8 Å². The molecule has 0 saturated carbocycles. The van der Waals surface area contributed by atoms with E-state index in [-0.39, 0.29) is 34.4 Å². The highest BCUT2D eigenvalue weighted by atomic mass is 16.6. The minimum Gasteiger partial charge on any atom is -0.504 e. The summed E-state index contributed by atoms with van der Waals surface area (Å²) in [5, 5.41) is 25.0. The monoisotopic (exact) mass is 445 g/mol. The first-order chi connectivity index (χ1) is 15.9. The van der Waals surface area contributed by atoms with E-state index in [4.69, 9.17) is 9.15 Å². The van der Waals surface area contributed by atoms with Gasteiger partial charge in [0.15, 0.2) is 17.3 Å². The van der Waals surface area contributed by atoms with Gasteiger partial charge in [-0.1, -0.05) is 18.2 Å². The molecule has 2 N–H and O–H groups in total. The van der Waals surface area contributed by atoms with Gasteiger partial charge in [-0.15, -0.1) is 0 Å². The van der Waals surface area contributed by atoms with Crippen LogP contribution in [0.2, 0.25) is 0 Å². The third-order valence-electron chi connectivity index (χ3n) is 4.98. The van der Waals surface area contributed by atoms with E-state index in [0.29, 0.717) is 17.0 Å². The number of aliphatic imine (C=N–C) groups is 1. The number of non-ortho nitro benzene ring substituents is 1. The number of rotatable bonds is 6. The van der Waals surface area contributed by atoms with Gasteiger partial charge in [-0.3, -0.25) is 19.9 Å². The number of hydrogen-bond donors (Lipinski definition) is 2. The third-order valence-corrected chi connectivity index (χ3v) is 4.98. The summed E-state index contributed by atoms with van der Waals surface area (Å²) in [5.41, 5.74) is 2.39. The lowest BCUT2D eigenvalue weighted by Gasteiger charge is -2.08. The second-order valence-electron chi connectivity index (χ2n) is 7.20. The van der Waals surface area contributed by atoms with Crippen molar-refractivity contribution in [2.45, 2.75) is 6.92 Å². The van der Waals surface area contributed by atoms with Crippen molar-refractivity contribution in [2.24, 2.45) is 4.99 Å². The molecule has 0 spiro atoms. The summed E-state index contributed by atoms with van der Waals surface area (Å²) in [6.45, 7) is 1.81. The number of carbonyl (C=O) groups excluding carboxylic acids is 1. The molecule has 33 heavy (non-hydrogen) atoms. The number of amides is 1. The van der Waals surface area contributed by atoms with Crippen molar-refractivity contribution in [1.29, 1.82) is 0 Å². The minimum atomic E-state index is -0.580. The number of ether oxygens (including phenoxy) is 1. The summed E-state index contributed by atoms with van der Waals surface area (Å²) in [6.07, 6.45) is 1.31. The summed E-state index contributed by atoms with van der Waals surface area (Å²) in [6, 6.07) is 16.5. The average Bonchev–Trinajstić information content (AvgIpc) is 3.24. The molecular weight excluding hydrogens is 426 g/mol. The fraction of sp³-hybridized carbons (Fsp3) is 0.0833. The number of nitro benzene ring substituents is 1. The fourth-order valence-electron chi connectivity index (χ4n) is 3.26. The van der Waals surface area contributed by atoms with E-state index in [0.717, 1.165) is 17.0 Å². The second kappa shape index (κ2) is 8.83. The van der Waals surface area contributed by atoms with Crippen LogP contribution in [-0.4, -0.2) is 29.3 Å². The Hall–Kier alpha value is -4.66. The molecule has 9 nitrogen and oxygen atoms in total. The molecule has 0 unspecified atom stereocenters. The molecular formula is C24H19N3O6. The lowest BCUT2D eigenvalue weighted by atomic mass is 10.1. The third kappa shape index (κ3) is 4.52. The molecule has 0 radical (unpaired) electrons. The summed E-state index contributed by atoms with van der Waals surface area (Å²) < 4.78 is 10.6. The number of aryl methyl sites for hydroxylation is 1. The van der Waals surface area contributed by atoms with E-state index in [9.17, 15) is 20.0 Å². The zero-order chi connectivity index (χ0) is 23.5. The number of aromatic hydroxyl groups is 1. The van der Waals surface area contributed by atoms with Crippen LogP contribution in [0.3, 0.4) is 0 Å². The Morgan fingerprint density at radius 2 is 1.97 bits per heavy atom. The summed E-state index contributed by atoms with van der Waals surface area (Å²) in [7, 11) is 1.31. The van der Waals surface area contributed by atoms with Gasteiger partial charge in [0.1, 0.15) is 5.58 Å². The molecule has 0 aliphatic carbocycles. The van der Waals surface area contributed by atoms with Crippen molar-refractivity contribution in [2.75, 3.05) is 12.4 Å². The second-order valence-corrected chi connectivity index (χ2v) is 7.20. The zero-order valence-corrected chi connectivity index (χ0v) is 17.7. The Labute approximate surface area is 188 Å². The molecule has 4 rings (SSSR count). The van der Waals surface area contributed by atoms with Gasteiger partial charge in [0.05, 0.1) is 23.8 Å². The van der Waals surface area contributed by atoms with Gasteiger partial charge in [-0.2, -0.15) is 0 Å². The normalized spacial score (nSPS) is 11.1. The lowest BCUT2D eigenvalue weighted by Crippen LogP contribution is -2.11. The molecule has 0 bridgehead atoms. The Morgan fingerprint density at radius 3 is 2.67 bits per heavy atom. The highest BCUT2D eigenvalue weighted by molar-refractivity contribution is 6.05. The highest BCUT2D eigenvalue weighted by Crippen LogP contribution is 2.34. The molecule has 166 valence electrons. The lowest BCUT2D eigenvalue weighted by molar-refractivity contribution is -0.385. The molecule has 0 atom stereocenters. The molecule has 0 saturated heterocycles. The number of fused-ring (bicyclic) bond motifs is 1. The van der Waals surface area contributed by atoms with Gasteiger partial charge < -0.3 is 19.6 Å². The summed E-state index contributed by atoms with van der Waals surface area (Å²) in [4.78, 5) is 27.4. The topological polar surface area (TPSA) is 127 Å². The first-order valence-electron chi connectivity index (χ1n) is 9.86. The van der Waals surface area contributed by atoms with Crippen molar-refractivity contribution < 1.29 is 24.0 Å². The van der Waals surface area contributed by atoms with Gasteiger partial charge >= 0.3 is 0 Å². The molecule has 1 amide bonds. The molecule has 1 aromatic heterocycles. The maximum absolute atomic E-state index is 12.6. The fourth-order valence-corrected chi connectivity index (χ4v) is 3.26. The Morgan fingerprint density at radius 1 is 1.18 bits per heavy atom. The van der Waals surface area contributed by atoms with Crippen molar-refractivity contribution in [1.82, 2.24) is 0 Å². The average molecular weight is 445 g/mol. The van der Waals surface area contributed by atoms with Gasteiger partial charge in [0.25, 0.3) is 11.6 Å². The molecule has 3 aromatic carbocycles. The highest BCUT2D eigenvalue weighted by Gasteiger charge is 2.16. The van der Waals surface area contributed by atoms with Gasteiger partial charge in [-0.25, -0.2) is 0 Å². The van der Waals surface area contributed by atoms with Crippen LogP contribution in [0.4, 0.5) is 17.1 Å². The van der Waals surface area contributed by atoms with Crippen molar-refractivity contribution in [3.63, 3.8) is 0 Å². The quantitative estimate of drug-likeness (QED) is 0.233. The summed E-state index contributed by atoms with van der Waals surface area (Å²) in [5.74, 6) is -0.448. The van der Waals surface area contributed by atoms with Crippen LogP contribution in [0.25, 0.3) is 11.0 Å². The smallest absolute Gasteiger partial charge is 0.291 e. The number of nitrogens with one attached hydrogen (secondary N) is 1. The van der Waals surface area contributed by atoms with Gasteiger partial charge in [0, 0.05) is 28.9 Å². The molecule has 1 heterocycles. The number of hydrogen-bond acceptors (Lipinski definition) is 7. The number of furan rings is 1. The largest absolute Gasteiger partial charge is 0.504 e. The minimum absolute atomic E-state index is 0.0227. The van der Waals surface area contributed by atoms with E-state index >= 15 is 0 Å². The first-order valence-corrected chi connectivity index (χ1v) is 9.86. The van der Waals surface area contributed by atoms with Crippen molar-refractivity contribution in [3.05, 3.63) is 87.7 Å². The molecule has 0 aliphatic heterocycles. The predicted octanol–water partition coefficient (Wildman–Crippen LogP) is 5.37. The number of benzene rings is 3. The number of para-hydroxylation sites is 1. The first kappa shape index (κ1) is 21.6. The zero-order valence-electron chi connectivity index (χ0n) is 17.7. The van der Waals surface area contributed by atoms with E-state index in [1.54, 1.807) is 37.3 Å². The Kier molecular flexibility index (Phi) is 5.77. The summed E-state index contributed by atoms with van der Waals surface area (Å²) >= 11 is 0. The van der Waals surface area contributed by atoms with Crippen LogP contribution >= 0.6 is 0 Å². The Bertz CT molecular complexity index is 1370. The van der Waals surface area contributed by atoms with Crippen LogP contribution in [0.1, 0.15) is 21.7 Å². The van der Waals surface area contributed by atoms with Crippen LogP contribution in [0, 0.1) is 17.0 Å². The number of anilines is 1. The predicted molar refractivity (Wildman–Crippen MR) is 124 cm³/mol. The number of carbonyl (C=O) groups is 1. The van der Waals surface area contributed by atoms with Crippen molar-refractivity contribution in [3.8, 4) is 11.5 Å². The van der Waals surface area contributed by atoms with E-state index in [1.807, 2.05) is 18.2 Å². The number of phenolic OH excluding ortho intramolecular Hbond substituents is 1. The van der Waals surface area contributed by atoms with Crippen LogP contribution in [-0.2, 0) is 0 Å². The molecule has 4 aromatic rings. The van der Waals surface area contributed by atoms with E-state index in [1.165, 1.54) is 19.4 Å². The number of methoxy groups -OCH3 is 1. The molecule has 0 fully saturated rings. The number of nitrogens with zero attached hydrogens (tertiary/aromatic N) is 2.